The summed E-state index contributed by atoms with van der Waals surface area (Å²) < 4.78 is 0. The second-order valence-electron chi connectivity index (χ2n) is 5.77. The van der Waals surface area contributed by atoms with Gasteiger partial charge < -0.3 is 5.32 Å². The Bertz CT molecular complexity index is 417. The first kappa shape index (κ1) is 13.7. The minimum absolute atomic E-state index is 0.0475. The summed E-state index contributed by atoms with van der Waals surface area (Å²) in [6, 6.07) is 1.99. The van der Waals surface area contributed by atoms with Crippen molar-refractivity contribution < 1.29 is 4.79 Å². The lowest BCUT2D eigenvalue weighted by Gasteiger charge is -2.22. The van der Waals surface area contributed by atoms with E-state index in [1.54, 1.807) is 6.20 Å². The average Bonchev–Trinajstić information content (AvgIpc) is 2.14. The maximum atomic E-state index is 12.1. The maximum Gasteiger partial charge on any atom is 0.253 e. The number of carbonyl (C=O) groups excluding carboxylic acids is 1. The Kier molecular flexibility index (Phi) is 3.91. The summed E-state index contributed by atoms with van der Waals surface area (Å²) >= 11 is 0. The quantitative estimate of drug-likeness (QED) is 0.854. The molecule has 1 heterocycles. The largest absolute Gasteiger partial charge is 0.347 e. The summed E-state index contributed by atoms with van der Waals surface area (Å²) in [6.45, 7) is 12.0. The zero-order valence-corrected chi connectivity index (χ0v) is 11.6. The molecule has 0 radical (unpaired) electrons. The van der Waals surface area contributed by atoms with E-state index in [-0.39, 0.29) is 11.4 Å². The summed E-state index contributed by atoms with van der Waals surface area (Å²) in [4.78, 5) is 16.4. The van der Waals surface area contributed by atoms with Crippen molar-refractivity contribution in [2.45, 2.75) is 53.0 Å². The summed E-state index contributed by atoms with van der Waals surface area (Å²) in [5.74, 6) is 0.270. The molecular formula is C14H22N2O. The molecule has 17 heavy (non-hydrogen) atoms. The van der Waals surface area contributed by atoms with Crippen LogP contribution in [0.3, 0.4) is 0 Å². The molecule has 0 aliphatic carbocycles. The van der Waals surface area contributed by atoms with Crippen LogP contribution < -0.4 is 5.32 Å². The van der Waals surface area contributed by atoms with E-state index in [1.807, 2.05) is 33.8 Å². The molecule has 94 valence electrons. The molecule has 3 heteroatoms. The first-order valence-electron chi connectivity index (χ1n) is 6.00. The first-order chi connectivity index (χ1) is 7.70. The topological polar surface area (TPSA) is 42.0 Å². The fraction of sp³-hybridized carbons (Fsp3) is 0.571. The molecule has 0 aliphatic rings. The van der Waals surface area contributed by atoms with E-state index in [1.165, 1.54) is 0 Å². The Hall–Kier alpha value is -1.38. The predicted octanol–water partition coefficient (Wildman–Crippen LogP) is 3.04. The third-order valence-electron chi connectivity index (χ3n) is 2.43. The van der Waals surface area contributed by atoms with Crippen LogP contribution in [0.2, 0.25) is 0 Å². The molecule has 0 saturated carbocycles. The fourth-order valence-electron chi connectivity index (χ4n) is 1.66. The van der Waals surface area contributed by atoms with Gasteiger partial charge in [0.05, 0.1) is 5.56 Å². The third-order valence-corrected chi connectivity index (χ3v) is 2.43. The van der Waals surface area contributed by atoms with Crippen molar-refractivity contribution in [3.63, 3.8) is 0 Å². The van der Waals surface area contributed by atoms with E-state index in [9.17, 15) is 4.79 Å². The van der Waals surface area contributed by atoms with Gasteiger partial charge in [-0.3, -0.25) is 9.78 Å². The first-order valence-corrected chi connectivity index (χ1v) is 6.00. The fourth-order valence-corrected chi connectivity index (χ4v) is 1.66. The van der Waals surface area contributed by atoms with Crippen LogP contribution in [-0.2, 0) is 0 Å². The molecular weight excluding hydrogens is 212 g/mol. The zero-order chi connectivity index (χ0) is 13.2. The molecule has 1 aromatic rings. The van der Waals surface area contributed by atoms with Gasteiger partial charge in [0.25, 0.3) is 5.91 Å². The van der Waals surface area contributed by atoms with Gasteiger partial charge in [-0.1, -0.05) is 13.8 Å². The van der Waals surface area contributed by atoms with Crippen LogP contribution in [0.1, 0.15) is 62.2 Å². The lowest BCUT2D eigenvalue weighted by molar-refractivity contribution is 0.0918. The molecule has 1 rings (SSSR count). The lowest BCUT2D eigenvalue weighted by atomic mass is 9.97. The minimum atomic E-state index is -0.226. The van der Waals surface area contributed by atoms with Crippen LogP contribution in [-0.4, -0.2) is 16.4 Å². The molecule has 1 amide bonds. The molecule has 0 saturated heterocycles. The summed E-state index contributed by atoms with van der Waals surface area (Å²) in [7, 11) is 0. The number of aromatic nitrogens is 1. The summed E-state index contributed by atoms with van der Waals surface area (Å²) in [6.07, 6.45) is 1.67. The molecule has 0 bridgehead atoms. The number of nitrogens with zero attached hydrogens (tertiary/aromatic N) is 1. The Morgan fingerprint density at radius 1 is 1.35 bits per heavy atom. The molecule has 0 fully saturated rings. The van der Waals surface area contributed by atoms with Crippen molar-refractivity contribution in [2.75, 3.05) is 0 Å². The lowest BCUT2D eigenvalue weighted by Crippen LogP contribution is -2.41. The Balaban J connectivity index is 3.09. The Morgan fingerprint density at radius 3 is 2.41 bits per heavy atom. The summed E-state index contributed by atoms with van der Waals surface area (Å²) in [5.41, 5.74) is 2.46. The average molecular weight is 234 g/mol. The Morgan fingerprint density at radius 2 is 1.94 bits per heavy atom. The van der Waals surface area contributed by atoms with Gasteiger partial charge in [-0.2, -0.15) is 0 Å². The number of rotatable bonds is 2. The van der Waals surface area contributed by atoms with Crippen LogP contribution in [0.4, 0.5) is 0 Å². The number of hydrogen-bond acceptors (Lipinski definition) is 2. The van der Waals surface area contributed by atoms with Crippen LogP contribution >= 0.6 is 0 Å². The summed E-state index contributed by atoms with van der Waals surface area (Å²) in [5, 5.41) is 2.97. The van der Waals surface area contributed by atoms with Crippen LogP contribution in [0.25, 0.3) is 0 Å². The van der Waals surface area contributed by atoms with Crippen molar-refractivity contribution in [1.82, 2.24) is 10.3 Å². The van der Waals surface area contributed by atoms with Crippen LogP contribution in [0.5, 0.6) is 0 Å². The predicted molar refractivity (Wildman–Crippen MR) is 70.3 cm³/mol. The molecule has 0 unspecified atom stereocenters. The van der Waals surface area contributed by atoms with Crippen molar-refractivity contribution in [1.29, 1.82) is 0 Å². The second-order valence-corrected chi connectivity index (χ2v) is 5.77. The van der Waals surface area contributed by atoms with Gasteiger partial charge in [0, 0.05) is 17.4 Å². The molecule has 1 N–H and O–H groups in total. The minimum Gasteiger partial charge on any atom is -0.347 e. The molecule has 0 aliphatic heterocycles. The van der Waals surface area contributed by atoms with E-state index in [2.05, 4.69) is 24.1 Å². The van der Waals surface area contributed by atoms with Crippen LogP contribution in [0, 0.1) is 6.92 Å². The SMILES string of the molecule is Cc1cc(C(C)C)c(C(=O)NC(C)(C)C)cn1. The van der Waals surface area contributed by atoms with Gasteiger partial charge >= 0.3 is 0 Å². The standard InChI is InChI=1S/C14H22N2O/c1-9(2)11-7-10(3)15-8-12(11)13(17)16-14(4,5)6/h7-9H,1-6H3,(H,16,17). The van der Waals surface area contributed by atoms with Gasteiger partial charge in [-0.15, -0.1) is 0 Å². The molecule has 0 aromatic carbocycles. The van der Waals surface area contributed by atoms with E-state index < -0.39 is 0 Å². The van der Waals surface area contributed by atoms with Crippen molar-refractivity contribution >= 4 is 5.91 Å². The van der Waals surface area contributed by atoms with E-state index in [0.29, 0.717) is 11.5 Å². The van der Waals surface area contributed by atoms with Crippen molar-refractivity contribution in [3.05, 3.63) is 29.1 Å². The highest BCUT2D eigenvalue weighted by Crippen LogP contribution is 2.20. The van der Waals surface area contributed by atoms with Gasteiger partial charge in [0.2, 0.25) is 0 Å². The van der Waals surface area contributed by atoms with Gasteiger partial charge in [-0.25, -0.2) is 0 Å². The van der Waals surface area contributed by atoms with Gasteiger partial charge in [0.1, 0.15) is 0 Å². The monoisotopic (exact) mass is 234 g/mol. The molecule has 0 spiro atoms. The van der Waals surface area contributed by atoms with Crippen molar-refractivity contribution in [3.8, 4) is 0 Å². The van der Waals surface area contributed by atoms with Gasteiger partial charge in [-0.05, 0) is 45.2 Å². The Labute approximate surface area is 104 Å². The highest BCUT2D eigenvalue weighted by molar-refractivity contribution is 5.96. The zero-order valence-electron chi connectivity index (χ0n) is 11.6. The molecule has 0 atom stereocenters. The second kappa shape index (κ2) is 4.86. The number of pyridine rings is 1. The van der Waals surface area contributed by atoms with E-state index >= 15 is 0 Å². The van der Waals surface area contributed by atoms with E-state index in [4.69, 9.17) is 0 Å². The van der Waals surface area contributed by atoms with E-state index in [0.717, 1.165) is 11.3 Å². The highest BCUT2D eigenvalue weighted by atomic mass is 16.1. The number of amides is 1. The number of carbonyl (C=O) groups is 1. The number of aryl methyl sites for hydroxylation is 1. The van der Waals surface area contributed by atoms with Crippen LogP contribution in [0.15, 0.2) is 12.3 Å². The molecule has 1 aromatic heterocycles. The normalized spacial score (nSPS) is 11.7. The van der Waals surface area contributed by atoms with Crippen molar-refractivity contribution in [2.24, 2.45) is 0 Å². The number of nitrogens with one attached hydrogen (secondary N) is 1. The maximum absolute atomic E-state index is 12.1. The molecule has 3 nitrogen and oxygen atoms in total. The van der Waals surface area contributed by atoms with Gasteiger partial charge in [0.15, 0.2) is 0 Å². The highest BCUT2D eigenvalue weighted by Gasteiger charge is 2.19. The number of hydrogen-bond donors (Lipinski definition) is 1. The smallest absolute Gasteiger partial charge is 0.253 e. The third kappa shape index (κ3) is 3.84.